The Balaban J connectivity index is 1.17. The molecule has 2 fully saturated rings. The molecular formula is C29H29F4N3O3. The molecule has 3 heterocycles. The molecule has 2 saturated heterocycles. The third kappa shape index (κ3) is 5.71. The lowest BCUT2D eigenvalue weighted by atomic mass is 9.84. The van der Waals surface area contributed by atoms with Crippen molar-refractivity contribution in [2.75, 3.05) is 26.2 Å². The number of H-pyrrole nitrogens is 1. The molecule has 6 nitrogen and oxygen atoms in total. The van der Waals surface area contributed by atoms with Crippen LogP contribution in [0.25, 0.3) is 17.0 Å². The molecule has 0 aliphatic carbocycles. The number of aromatic amines is 1. The number of carboxylic acids is 1. The summed E-state index contributed by atoms with van der Waals surface area (Å²) in [6.07, 6.45) is 6.96. The highest BCUT2D eigenvalue weighted by Crippen LogP contribution is 2.35. The molecule has 2 aliphatic heterocycles. The predicted molar refractivity (Wildman–Crippen MR) is 138 cm³/mol. The van der Waals surface area contributed by atoms with Gasteiger partial charge in [0, 0.05) is 36.3 Å². The van der Waals surface area contributed by atoms with Crippen molar-refractivity contribution in [1.82, 2.24) is 14.8 Å². The Labute approximate surface area is 222 Å². The highest BCUT2D eigenvalue weighted by Gasteiger charge is 2.38. The van der Waals surface area contributed by atoms with Gasteiger partial charge in [0.1, 0.15) is 11.9 Å². The predicted octanol–water partition coefficient (Wildman–Crippen LogP) is 5.31. The number of rotatable bonds is 6. The number of aromatic nitrogens is 1. The van der Waals surface area contributed by atoms with E-state index < -0.39 is 29.5 Å². The number of hydrogen-bond donors (Lipinski definition) is 2. The fourth-order valence-corrected chi connectivity index (χ4v) is 5.98. The molecular weight excluding hydrogens is 514 g/mol. The summed E-state index contributed by atoms with van der Waals surface area (Å²) in [7, 11) is 0. The van der Waals surface area contributed by atoms with E-state index in [1.54, 1.807) is 11.0 Å². The lowest BCUT2D eigenvalue weighted by Gasteiger charge is -2.41. The zero-order valence-corrected chi connectivity index (χ0v) is 21.2. The van der Waals surface area contributed by atoms with Gasteiger partial charge in [-0.05, 0) is 98.1 Å². The van der Waals surface area contributed by atoms with Gasteiger partial charge in [-0.2, -0.15) is 0 Å². The van der Waals surface area contributed by atoms with Crippen LogP contribution in [-0.4, -0.2) is 64.0 Å². The fraction of sp³-hybridized carbons (Fsp3) is 0.379. The number of likely N-dealkylation sites (tertiary alicyclic amines) is 2. The zero-order chi connectivity index (χ0) is 27.7. The van der Waals surface area contributed by atoms with Crippen molar-refractivity contribution in [2.45, 2.75) is 37.6 Å². The largest absolute Gasteiger partial charge is 0.480 e. The molecule has 0 bridgehead atoms. The Bertz CT molecular complexity index is 1380. The molecule has 10 heteroatoms. The number of carbonyl (C=O) groups is 2. The Morgan fingerprint density at radius 3 is 2.26 bits per heavy atom. The van der Waals surface area contributed by atoms with Gasteiger partial charge in [0.15, 0.2) is 17.5 Å². The van der Waals surface area contributed by atoms with E-state index in [0.717, 1.165) is 41.4 Å². The highest BCUT2D eigenvalue weighted by molar-refractivity contribution is 5.91. The molecule has 0 radical (unpaired) electrons. The van der Waals surface area contributed by atoms with E-state index >= 15 is 0 Å². The standard InChI is InChI=1S/C29H29F4N3O3/c30-20-2-3-21-22(16-34-25(21)15-20)18-5-11-36(12-6-18)28(29(38)39)19-7-9-35(10-8-19)26(37)4-1-17-13-23(31)27(33)24(32)14-17/h1-4,13-16,18-19,28,34H,5-12H2,(H,38,39)/b4-1+. The summed E-state index contributed by atoms with van der Waals surface area (Å²) in [5.74, 6) is -5.62. The molecule has 1 amide bonds. The van der Waals surface area contributed by atoms with Crippen LogP contribution in [0.3, 0.4) is 0 Å². The van der Waals surface area contributed by atoms with Crippen LogP contribution < -0.4 is 0 Å². The first-order valence-corrected chi connectivity index (χ1v) is 13.1. The molecule has 5 rings (SSSR count). The molecule has 0 spiro atoms. The van der Waals surface area contributed by atoms with Crippen LogP contribution in [0.4, 0.5) is 17.6 Å². The molecule has 39 heavy (non-hydrogen) atoms. The minimum atomic E-state index is -1.56. The number of amides is 1. The SMILES string of the molecule is O=C(O)C(C1CCN(C(=O)/C=C/c2cc(F)c(F)c(F)c2)CC1)N1CCC(c2c[nH]c3cc(F)ccc23)CC1. The molecule has 1 aromatic heterocycles. The minimum Gasteiger partial charge on any atom is -0.480 e. The average molecular weight is 544 g/mol. The summed E-state index contributed by atoms with van der Waals surface area (Å²) < 4.78 is 53.5. The van der Waals surface area contributed by atoms with E-state index in [2.05, 4.69) is 4.98 Å². The molecule has 1 atom stereocenters. The Kier molecular flexibility index (Phi) is 7.74. The first-order chi connectivity index (χ1) is 18.7. The molecule has 2 aromatic carbocycles. The van der Waals surface area contributed by atoms with E-state index in [-0.39, 0.29) is 29.1 Å². The summed E-state index contributed by atoms with van der Waals surface area (Å²) in [6, 6.07) is 5.68. The van der Waals surface area contributed by atoms with Crippen molar-refractivity contribution in [3.8, 4) is 0 Å². The van der Waals surface area contributed by atoms with Gasteiger partial charge in [-0.1, -0.05) is 0 Å². The van der Waals surface area contributed by atoms with Crippen molar-refractivity contribution < 1.29 is 32.3 Å². The summed E-state index contributed by atoms with van der Waals surface area (Å²) in [6.45, 7) is 1.99. The third-order valence-corrected chi connectivity index (χ3v) is 8.01. The lowest BCUT2D eigenvalue weighted by Crippen LogP contribution is -2.52. The van der Waals surface area contributed by atoms with E-state index in [1.165, 1.54) is 24.3 Å². The maximum Gasteiger partial charge on any atom is 0.321 e. The number of piperidine rings is 2. The second-order valence-electron chi connectivity index (χ2n) is 10.3. The zero-order valence-electron chi connectivity index (χ0n) is 21.2. The van der Waals surface area contributed by atoms with Crippen molar-refractivity contribution in [1.29, 1.82) is 0 Å². The summed E-state index contributed by atoms with van der Waals surface area (Å²) >= 11 is 0. The second kappa shape index (κ2) is 11.2. The molecule has 1 unspecified atom stereocenters. The van der Waals surface area contributed by atoms with Crippen molar-refractivity contribution >= 4 is 28.9 Å². The monoisotopic (exact) mass is 543 g/mol. The first kappa shape index (κ1) is 26.9. The number of benzene rings is 2. The average Bonchev–Trinajstić information content (AvgIpc) is 3.34. The number of nitrogens with one attached hydrogen (secondary N) is 1. The van der Waals surface area contributed by atoms with E-state index in [1.807, 2.05) is 11.1 Å². The minimum absolute atomic E-state index is 0.0313. The van der Waals surface area contributed by atoms with Gasteiger partial charge in [-0.25, -0.2) is 17.6 Å². The van der Waals surface area contributed by atoms with Crippen LogP contribution in [-0.2, 0) is 9.59 Å². The molecule has 2 N–H and O–H groups in total. The highest BCUT2D eigenvalue weighted by atomic mass is 19.2. The van der Waals surface area contributed by atoms with Crippen molar-refractivity contribution in [3.05, 3.63) is 77.0 Å². The van der Waals surface area contributed by atoms with Crippen LogP contribution >= 0.6 is 0 Å². The van der Waals surface area contributed by atoms with E-state index in [9.17, 15) is 32.3 Å². The van der Waals surface area contributed by atoms with Gasteiger partial charge in [-0.15, -0.1) is 0 Å². The maximum absolute atomic E-state index is 13.6. The smallest absolute Gasteiger partial charge is 0.321 e. The van der Waals surface area contributed by atoms with Gasteiger partial charge in [0.05, 0.1) is 0 Å². The quantitative estimate of drug-likeness (QED) is 0.251. The summed E-state index contributed by atoms with van der Waals surface area (Å²) in [5, 5.41) is 11.1. The molecule has 0 saturated carbocycles. The van der Waals surface area contributed by atoms with Gasteiger partial charge >= 0.3 is 5.97 Å². The summed E-state index contributed by atoms with van der Waals surface area (Å²) in [5.41, 5.74) is 1.91. The van der Waals surface area contributed by atoms with E-state index in [4.69, 9.17) is 0 Å². The second-order valence-corrected chi connectivity index (χ2v) is 10.3. The van der Waals surface area contributed by atoms with Crippen LogP contribution in [0.15, 0.2) is 42.6 Å². The third-order valence-electron chi connectivity index (χ3n) is 8.01. The van der Waals surface area contributed by atoms with Crippen LogP contribution in [0.1, 0.15) is 42.7 Å². The number of halogens is 4. The Morgan fingerprint density at radius 1 is 0.949 bits per heavy atom. The van der Waals surface area contributed by atoms with Crippen LogP contribution in [0.5, 0.6) is 0 Å². The maximum atomic E-state index is 13.6. The normalized spacial score (nSPS) is 18.7. The number of nitrogens with zero attached hydrogens (tertiary/aromatic N) is 2. The van der Waals surface area contributed by atoms with Crippen LogP contribution in [0.2, 0.25) is 0 Å². The van der Waals surface area contributed by atoms with Gasteiger partial charge in [-0.3, -0.25) is 14.5 Å². The van der Waals surface area contributed by atoms with Crippen molar-refractivity contribution in [3.63, 3.8) is 0 Å². The Hall–Kier alpha value is -3.66. The Morgan fingerprint density at radius 2 is 1.62 bits per heavy atom. The van der Waals surface area contributed by atoms with Crippen molar-refractivity contribution in [2.24, 2.45) is 5.92 Å². The topological polar surface area (TPSA) is 76.6 Å². The van der Waals surface area contributed by atoms with Gasteiger partial charge in [0.2, 0.25) is 5.91 Å². The molecule has 3 aromatic rings. The number of hydrogen-bond acceptors (Lipinski definition) is 3. The van der Waals surface area contributed by atoms with Crippen LogP contribution in [0, 0.1) is 29.2 Å². The lowest BCUT2D eigenvalue weighted by molar-refractivity contribution is -0.147. The van der Waals surface area contributed by atoms with Gasteiger partial charge < -0.3 is 15.0 Å². The molecule has 206 valence electrons. The number of carbonyl (C=O) groups excluding carboxylic acids is 1. The number of aliphatic carboxylic acids is 1. The first-order valence-electron chi connectivity index (χ1n) is 13.1. The molecule has 2 aliphatic rings. The number of carboxylic acid groups (broad SMARTS) is 1. The number of fused-ring (bicyclic) bond motifs is 1. The van der Waals surface area contributed by atoms with E-state index in [0.29, 0.717) is 39.0 Å². The van der Waals surface area contributed by atoms with Gasteiger partial charge in [0.25, 0.3) is 0 Å². The summed E-state index contributed by atoms with van der Waals surface area (Å²) in [4.78, 5) is 31.6. The fourth-order valence-electron chi connectivity index (χ4n) is 5.98.